The van der Waals surface area contributed by atoms with Crippen LogP contribution in [-0.2, 0) is 19.6 Å². The van der Waals surface area contributed by atoms with Crippen LogP contribution in [0.25, 0.3) is 0 Å². The van der Waals surface area contributed by atoms with Crippen molar-refractivity contribution in [1.29, 1.82) is 0 Å². The van der Waals surface area contributed by atoms with Crippen molar-refractivity contribution in [3.05, 3.63) is 69.2 Å². The van der Waals surface area contributed by atoms with E-state index in [1.54, 1.807) is 4.90 Å². The Kier molecular flexibility index (Phi) is 4.08. The van der Waals surface area contributed by atoms with Gasteiger partial charge in [-0.2, -0.15) is 0 Å². The number of hydrogen-bond acceptors (Lipinski definition) is 2. The number of rotatable bonds is 3. The summed E-state index contributed by atoms with van der Waals surface area (Å²) in [6, 6.07) is 14.0. The van der Waals surface area contributed by atoms with Gasteiger partial charge in [0.1, 0.15) is 0 Å². The van der Waals surface area contributed by atoms with Crippen LogP contribution in [-0.4, -0.2) is 17.9 Å². The largest absolute Gasteiger partial charge is 0.337 e. The van der Waals surface area contributed by atoms with Crippen molar-refractivity contribution in [2.24, 2.45) is 0 Å². The minimum Gasteiger partial charge on any atom is -0.337 e. The second kappa shape index (κ2) is 6.00. The van der Waals surface area contributed by atoms with Crippen molar-refractivity contribution in [2.45, 2.75) is 19.6 Å². The fourth-order valence-electron chi connectivity index (χ4n) is 2.58. The minimum atomic E-state index is 0.0626. The van der Waals surface area contributed by atoms with Gasteiger partial charge in [0.15, 0.2) is 0 Å². The molecule has 4 heteroatoms. The molecule has 1 aliphatic heterocycles. The van der Waals surface area contributed by atoms with Crippen LogP contribution in [0.4, 0.5) is 0 Å². The molecule has 1 amide bonds. The monoisotopic (exact) mass is 344 g/mol. The van der Waals surface area contributed by atoms with Crippen molar-refractivity contribution in [3.8, 4) is 0 Å². The summed E-state index contributed by atoms with van der Waals surface area (Å²) < 4.78 is 1.05. The number of nitrogens with one attached hydrogen (secondary N) is 1. The second-order valence-corrected chi connectivity index (χ2v) is 6.29. The lowest BCUT2D eigenvalue weighted by Gasteiger charge is -2.18. The molecule has 1 aliphatic rings. The Labute approximate surface area is 133 Å². The van der Waals surface area contributed by atoms with Gasteiger partial charge in [-0.3, -0.25) is 4.79 Å². The van der Waals surface area contributed by atoms with Gasteiger partial charge in [0.25, 0.3) is 5.91 Å². The molecule has 2 aromatic rings. The number of benzene rings is 2. The van der Waals surface area contributed by atoms with Gasteiger partial charge in [-0.15, -0.1) is 0 Å². The molecule has 1 N–H and O–H groups in total. The number of carbonyl (C=O) groups is 1. The fourth-order valence-corrected chi connectivity index (χ4v) is 2.85. The summed E-state index contributed by atoms with van der Waals surface area (Å²) in [5, 5.41) is 3.30. The van der Waals surface area contributed by atoms with Gasteiger partial charge in [0, 0.05) is 36.7 Å². The molecule has 0 bridgehead atoms. The van der Waals surface area contributed by atoms with Crippen molar-refractivity contribution >= 4 is 21.8 Å². The third kappa shape index (κ3) is 3.17. The Hall–Kier alpha value is -1.65. The average molecular weight is 345 g/mol. The number of carbonyl (C=O) groups excluding carboxylic acids is 1. The normalized spacial score (nSPS) is 13.0. The molecule has 3 rings (SSSR count). The number of halogens is 1. The Bertz CT molecular complexity index is 667. The zero-order valence-corrected chi connectivity index (χ0v) is 13.5. The summed E-state index contributed by atoms with van der Waals surface area (Å²) in [4.78, 5) is 14.3. The van der Waals surface area contributed by atoms with E-state index in [2.05, 4.69) is 27.3 Å². The molecule has 2 aromatic carbocycles. The first-order chi connectivity index (χ1) is 10.1. The van der Waals surface area contributed by atoms with Crippen molar-refractivity contribution < 1.29 is 4.79 Å². The summed E-state index contributed by atoms with van der Waals surface area (Å²) >= 11 is 3.42. The van der Waals surface area contributed by atoms with E-state index in [4.69, 9.17) is 0 Å². The number of amides is 1. The lowest BCUT2D eigenvalue weighted by molar-refractivity contribution is 0.0785. The van der Waals surface area contributed by atoms with E-state index in [1.165, 1.54) is 11.1 Å². The zero-order valence-electron chi connectivity index (χ0n) is 11.9. The third-order valence-electron chi connectivity index (χ3n) is 3.76. The van der Waals surface area contributed by atoms with Crippen LogP contribution in [0.5, 0.6) is 0 Å². The highest BCUT2D eigenvalue weighted by atomic mass is 79.9. The van der Waals surface area contributed by atoms with Gasteiger partial charge in [0.2, 0.25) is 0 Å². The van der Waals surface area contributed by atoms with Gasteiger partial charge in [0.05, 0.1) is 0 Å². The highest BCUT2D eigenvalue weighted by Gasteiger charge is 2.16. The SMILES string of the molecule is CN(Cc1ccc(Br)cc1)C(=O)c1ccc2c(c1)CNC2. The molecule has 0 saturated carbocycles. The Morgan fingerprint density at radius 2 is 1.86 bits per heavy atom. The van der Waals surface area contributed by atoms with Gasteiger partial charge in [-0.25, -0.2) is 0 Å². The van der Waals surface area contributed by atoms with E-state index < -0.39 is 0 Å². The molecule has 0 aliphatic carbocycles. The predicted molar refractivity (Wildman–Crippen MR) is 86.9 cm³/mol. The van der Waals surface area contributed by atoms with Crippen LogP contribution in [0.15, 0.2) is 46.9 Å². The number of fused-ring (bicyclic) bond motifs is 1. The lowest BCUT2D eigenvalue weighted by atomic mass is 10.1. The molecule has 0 fully saturated rings. The molecule has 108 valence electrons. The van der Waals surface area contributed by atoms with Crippen molar-refractivity contribution in [3.63, 3.8) is 0 Å². The Balaban J connectivity index is 1.73. The van der Waals surface area contributed by atoms with E-state index in [0.29, 0.717) is 6.54 Å². The van der Waals surface area contributed by atoms with Crippen LogP contribution in [0.1, 0.15) is 27.0 Å². The molecular formula is C17H17BrN2O. The van der Waals surface area contributed by atoms with Crippen LogP contribution in [0.3, 0.4) is 0 Å². The smallest absolute Gasteiger partial charge is 0.253 e. The minimum absolute atomic E-state index is 0.0626. The van der Waals surface area contributed by atoms with Crippen molar-refractivity contribution in [1.82, 2.24) is 10.2 Å². The highest BCUT2D eigenvalue weighted by molar-refractivity contribution is 9.10. The second-order valence-electron chi connectivity index (χ2n) is 5.37. The van der Waals surface area contributed by atoms with Crippen LogP contribution >= 0.6 is 15.9 Å². The quantitative estimate of drug-likeness (QED) is 0.926. The predicted octanol–water partition coefficient (Wildman–Crippen LogP) is 3.32. The topological polar surface area (TPSA) is 32.3 Å². The third-order valence-corrected chi connectivity index (χ3v) is 4.29. The van der Waals surface area contributed by atoms with Gasteiger partial charge in [-0.05, 0) is 41.0 Å². The molecule has 0 saturated heterocycles. The molecule has 0 radical (unpaired) electrons. The number of hydrogen-bond donors (Lipinski definition) is 1. The average Bonchev–Trinajstić information content (AvgIpc) is 2.96. The first-order valence-corrected chi connectivity index (χ1v) is 7.75. The molecule has 0 unspecified atom stereocenters. The van der Waals surface area contributed by atoms with Crippen LogP contribution in [0.2, 0.25) is 0 Å². The fraction of sp³-hybridized carbons (Fsp3) is 0.235. The van der Waals surface area contributed by atoms with E-state index in [9.17, 15) is 4.79 Å². The molecular weight excluding hydrogens is 328 g/mol. The van der Waals surface area contributed by atoms with Gasteiger partial charge < -0.3 is 10.2 Å². The summed E-state index contributed by atoms with van der Waals surface area (Å²) in [6.07, 6.45) is 0. The molecule has 1 heterocycles. The Morgan fingerprint density at radius 1 is 1.14 bits per heavy atom. The van der Waals surface area contributed by atoms with Gasteiger partial charge >= 0.3 is 0 Å². The first kappa shape index (κ1) is 14.3. The highest BCUT2D eigenvalue weighted by Crippen LogP contribution is 2.19. The molecule has 0 spiro atoms. The van der Waals surface area contributed by atoms with E-state index in [1.807, 2.05) is 43.4 Å². The summed E-state index contributed by atoms with van der Waals surface area (Å²) in [5.41, 5.74) is 4.41. The summed E-state index contributed by atoms with van der Waals surface area (Å²) in [5.74, 6) is 0.0626. The van der Waals surface area contributed by atoms with Crippen LogP contribution in [0, 0.1) is 0 Å². The van der Waals surface area contributed by atoms with Gasteiger partial charge in [-0.1, -0.05) is 34.1 Å². The van der Waals surface area contributed by atoms with E-state index in [-0.39, 0.29) is 5.91 Å². The molecule has 3 nitrogen and oxygen atoms in total. The lowest BCUT2D eigenvalue weighted by Crippen LogP contribution is -2.26. The molecule has 0 atom stereocenters. The standard InChI is InChI=1S/C17H17BrN2O/c1-20(11-12-2-6-16(18)7-3-12)17(21)13-4-5-14-9-19-10-15(14)8-13/h2-8,19H,9-11H2,1H3. The van der Waals surface area contributed by atoms with E-state index in [0.717, 1.165) is 28.7 Å². The van der Waals surface area contributed by atoms with E-state index >= 15 is 0 Å². The molecule has 0 aromatic heterocycles. The maximum absolute atomic E-state index is 12.5. The maximum atomic E-state index is 12.5. The molecule has 21 heavy (non-hydrogen) atoms. The van der Waals surface area contributed by atoms with Crippen LogP contribution < -0.4 is 5.32 Å². The first-order valence-electron chi connectivity index (χ1n) is 6.96. The summed E-state index contributed by atoms with van der Waals surface area (Å²) in [6.45, 7) is 2.37. The maximum Gasteiger partial charge on any atom is 0.253 e. The summed E-state index contributed by atoms with van der Waals surface area (Å²) in [7, 11) is 1.84. The zero-order chi connectivity index (χ0) is 14.8. The van der Waals surface area contributed by atoms with Crippen molar-refractivity contribution in [2.75, 3.05) is 7.05 Å². The Morgan fingerprint density at radius 3 is 2.62 bits per heavy atom. The number of nitrogens with zero attached hydrogens (tertiary/aromatic N) is 1.